The zero-order valence-electron chi connectivity index (χ0n) is 10.7. The molecule has 1 aromatic carbocycles. The minimum Gasteiger partial charge on any atom is -0.352 e. The third-order valence-electron chi connectivity index (χ3n) is 2.90. The molecule has 1 amide bonds. The van der Waals surface area contributed by atoms with Crippen molar-refractivity contribution >= 4 is 5.91 Å². The SMILES string of the molecule is NCc1ccc(C(=O)NCCc2ccncc2)cc1. The molecule has 0 bridgehead atoms. The highest BCUT2D eigenvalue weighted by Crippen LogP contribution is 2.04. The molecule has 0 saturated carbocycles. The summed E-state index contributed by atoms with van der Waals surface area (Å²) in [6.45, 7) is 1.10. The highest BCUT2D eigenvalue weighted by molar-refractivity contribution is 5.94. The van der Waals surface area contributed by atoms with Crippen molar-refractivity contribution in [2.75, 3.05) is 6.54 Å². The van der Waals surface area contributed by atoms with Gasteiger partial charge in [0.1, 0.15) is 0 Å². The minimum absolute atomic E-state index is 0.0578. The number of carbonyl (C=O) groups is 1. The number of rotatable bonds is 5. The van der Waals surface area contributed by atoms with Crippen LogP contribution in [0.4, 0.5) is 0 Å². The zero-order valence-corrected chi connectivity index (χ0v) is 10.7. The van der Waals surface area contributed by atoms with E-state index in [2.05, 4.69) is 10.3 Å². The predicted octanol–water partition coefficient (Wildman–Crippen LogP) is 1.51. The van der Waals surface area contributed by atoms with Crippen molar-refractivity contribution in [3.63, 3.8) is 0 Å². The first-order chi connectivity index (χ1) is 9.29. The Labute approximate surface area is 112 Å². The lowest BCUT2D eigenvalue weighted by molar-refractivity contribution is 0.0954. The van der Waals surface area contributed by atoms with Crippen molar-refractivity contribution in [1.82, 2.24) is 10.3 Å². The smallest absolute Gasteiger partial charge is 0.251 e. The van der Waals surface area contributed by atoms with Crippen LogP contribution in [-0.4, -0.2) is 17.4 Å². The molecule has 4 nitrogen and oxygen atoms in total. The molecule has 0 radical (unpaired) electrons. The highest BCUT2D eigenvalue weighted by Gasteiger charge is 2.04. The number of pyridine rings is 1. The second-order valence-electron chi connectivity index (χ2n) is 4.26. The van der Waals surface area contributed by atoms with Gasteiger partial charge < -0.3 is 11.1 Å². The number of hydrogen-bond acceptors (Lipinski definition) is 3. The average molecular weight is 255 g/mol. The van der Waals surface area contributed by atoms with Gasteiger partial charge >= 0.3 is 0 Å². The Morgan fingerprint density at radius 2 is 1.74 bits per heavy atom. The van der Waals surface area contributed by atoms with Gasteiger partial charge in [0, 0.05) is 31.0 Å². The van der Waals surface area contributed by atoms with Crippen molar-refractivity contribution < 1.29 is 4.79 Å². The lowest BCUT2D eigenvalue weighted by Crippen LogP contribution is -2.25. The van der Waals surface area contributed by atoms with Crippen LogP contribution in [0.25, 0.3) is 0 Å². The number of nitrogens with two attached hydrogens (primary N) is 1. The Hall–Kier alpha value is -2.20. The average Bonchev–Trinajstić information content (AvgIpc) is 2.48. The fourth-order valence-electron chi connectivity index (χ4n) is 1.76. The van der Waals surface area contributed by atoms with Gasteiger partial charge in [0.05, 0.1) is 0 Å². The lowest BCUT2D eigenvalue weighted by Gasteiger charge is -2.06. The molecule has 0 atom stereocenters. The molecule has 3 N–H and O–H groups in total. The number of benzene rings is 1. The molecule has 1 aromatic heterocycles. The maximum atomic E-state index is 11.9. The van der Waals surface area contributed by atoms with E-state index in [1.807, 2.05) is 24.3 Å². The van der Waals surface area contributed by atoms with Crippen LogP contribution >= 0.6 is 0 Å². The normalized spacial score (nSPS) is 10.2. The topological polar surface area (TPSA) is 68.0 Å². The third kappa shape index (κ3) is 3.89. The Balaban J connectivity index is 1.84. The molecule has 0 aliphatic rings. The van der Waals surface area contributed by atoms with Crippen LogP contribution < -0.4 is 11.1 Å². The summed E-state index contributed by atoms with van der Waals surface area (Å²) in [6.07, 6.45) is 4.31. The number of nitrogens with zero attached hydrogens (tertiary/aromatic N) is 1. The van der Waals surface area contributed by atoms with Crippen molar-refractivity contribution in [2.45, 2.75) is 13.0 Å². The van der Waals surface area contributed by atoms with Gasteiger partial charge in [-0.3, -0.25) is 9.78 Å². The number of carbonyl (C=O) groups excluding carboxylic acids is 1. The third-order valence-corrected chi connectivity index (χ3v) is 2.90. The molecule has 2 rings (SSSR count). The van der Waals surface area contributed by atoms with E-state index in [0.717, 1.165) is 17.5 Å². The molecule has 19 heavy (non-hydrogen) atoms. The summed E-state index contributed by atoms with van der Waals surface area (Å²) < 4.78 is 0. The van der Waals surface area contributed by atoms with Crippen molar-refractivity contribution in [1.29, 1.82) is 0 Å². The first-order valence-corrected chi connectivity index (χ1v) is 6.25. The fourth-order valence-corrected chi connectivity index (χ4v) is 1.76. The Morgan fingerprint density at radius 3 is 2.37 bits per heavy atom. The molecule has 0 unspecified atom stereocenters. The molecular weight excluding hydrogens is 238 g/mol. The van der Waals surface area contributed by atoms with Crippen LogP contribution in [0, 0.1) is 0 Å². The molecule has 4 heteroatoms. The fraction of sp³-hybridized carbons (Fsp3) is 0.200. The van der Waals surface area contributed by atoms with E-state index in [1.54, 1.807) is 24.5 Å². The van der Waals surface area contributed by atoms with Gasteiger partial charge in [-0.2, -0.15) is 0 Å². The van der Waals surface area contributed by atoms with E-state index in [0.29, 0.717) is 18.7 Å². The Bertz CT molecular complexity index is 523. The van der Waals surface area contributed by atoms with Gasteiger partial charge in [-0.1, -0.05) is 12.1 Å². The van der Waals surface area contributed by atoms with Crippen molar-refractivity contribution in [2.24, 2.45) is 5.73 Å². The van der Waals surface area contributed by atoms with Gasteiger partial charge in [-0.05, 0) is 41.8 Å². The van der Waals surface area contributed by atoms with E-state index < -0.39 is 0 Å². The first kappa shape index (κ1) is 13.2. The Morgan fingerprint density at radius 1 is 1.05 bits per heavy atom. The van der Waals surface area contributed by atoms with Crippen molar-refractivity contribution in [3.8, 4) is 0 Å². The summed E-state index contributed by atoms with van der Waals surface area (Å²) in [6, 6.07) is 11.2. The van der Waals surface area contributed by atoms with E-state index in [4.69, 9.17) is 5.73 Å². The molecule has 0 aliphatic heterocycles. The summed E-state index contributed by atoms with van der Waals surface area (Å²) >= 11 is 0. The van der Waals surface area contributed by atoms with Gasteiger partial charge in [0.2, 0.25) is 0 Å². The molecule has 1 heterocycles. The largest absolute Gasteiger partial charge is 0.352 e. The molecule has 0 fully saturated rings. The van der Waals surface area contributed by atoms with Crippen LogP contribution in [0.2, 0.25) is 0 Å². The van der Waals surface area contributed by atoms with E-state index >= 15 is 0 Å². The highest BCUT2D eigenvalue weighted by atomic mass is 16.1. The molecule has 0 spiro atoms. The second-order valence-corrected chi connectivity index (χ2v) is 4.26. The monoisotopic (exact) mass is 255 g/mol. The van der Waals surface area contributed by atoms with Crippen LogP contribution in [0.3, 0.4) is 0 Å². The molecule has 0 aliphatic carbocycles. The van der Waals surface area contributed by atoms with Gasteiger partial charge in [-0.15, -0.1) is 0 Å². The maximum Gasteiger partial charge on any atom is 0.251 e. The zero-order chi connectivity index (χ0) is 13.5. The molecular formula is C15H17N3O. The quantitative estimate of drug-likeness (QED) is 0.851. The minimum atomic E-state index is -0.0578. The number of amides is 1. The number of hydrogen-bond donors (Lipinski definition) is 2. The van der Waals surface area contributed by atoms with Gasteiger partial charge in [0.25, 0.3) is 5.91 Å². The van der Waals surface area contributed by atoms with Gasteiger partial charge in [-0.25, -0.2) is 0 Å². The summed E-state index contributed by atoms with van der Waals surface area (Å²) in [7, 11) is 0. The van der Waals surface area contributed by atoms with Crippen LogP contribution in [0.15, 0.2) is 48.8 Å². The van der Waals surface area contributed by atoms with Crippen LogP contribution in [0.1, 0.15) is 21.5 Å². The number of nitrogens with one attached hydrogen (secondary N) is 1. The number of aromatic nitrogens is 1. The summed E-state index contributed by atoms with van der Waals surface area (Å²) in [5.74, 6) is -0.0578. The molecule has 0 saturated heterocycles. The standard InChI is InChI=1S/C15H17N3O/c16-11-13-1-3-14(4-2-13)15(19)18-10-7-12-5-8-17-9-6-12/h1-6,8-9H,7,10-11,16H2,(H,18,19). The molecule has 2 aromatic rings. The van der Waals surface area contributed by atoms with E-state index in [-0.39, 0.29) is 5.91 Å². The maximum absolute atomic E-state index is 11.9. The summed E-state index contributed by atoms with van der Waals surface area (Å²) in [4.78, 5) is 15.8. The Kier molecular flexibility index (Phi) is 4.64. The summed E-state index contributed by atoms with van der Waals surface area (Å²) in [5.41, 5.74) is 8.36. The van der Waals surface area contributed by atoms with E-state index in [1.165, 1.54) is 0 Å². The van der Waals surface area contributed by atoms with Crippen LogP contribution in [0.5, 0.6) is 0 Å². The van der Waals surface area contributed by atoms with E-state index in [9.17, 15) is 4.79 Å². The van der Waals surface area contributed by atoms with Crippen molar-refractivity contribution in [3.05, 3.63) is 65.5 Å². The molecule has 98 valence electrons. The first-order valence-electron chi connectivity index (χ1n) is 6.25. The van der Waals surface area contributed by atoms with Crippen LogP contribution in [-0.2, 0) is 13.0 Å². The predicted molar refractivity (Wildman–Crippen MR) is 74.6 cm³/mol. The van der Waals surface area contributed by atoms with Gasteiger partial charge in [0.15, 0.2) is 0 Å². The lowest BCUT2D eigenvalue weighted by atomic mass is 10.1. The summed E-state index contributed by atoms with van der Waals surface area (Å²) in [5, 5.41) is 2.89. The second kappa shape index (κ2) is 6.66.